The van der Waals surface area contributed by atoms with Crippen molar-refractivity contribution in [1.82, 2.24) is 10.2 Å². The van der Waals surface area contributed by atoms with Crippen molar-refractivity contribution in [3.05, 3.63) is 29.8 Å². The Kier molecular flexibility index (Phi) is 8.30. The van der Waals surface area contributed by atoms with Gasteiger partial charge in [-0.05, 0) is 30.0 Å². The van der Waals surface area contributed by atoms with Gasteiger partial charge in [0.15, 0.2) is 0 Å². The number of nitrogens with zero attached hydrogens (tertiary/aromatic N) is 1. The summed E-state index contributed by atoms with van der Waals surface area (Å²) in [4.78, 5) is 26.6. The van der Waals surface area contributed by atoms with Gasteiger partial charge in [0.1, 0.15) is 11.8 Å². The molecule has 0 heterocycles. The van der Waals surface area contributed by atoms with Crippen molar-refractivity contribution < 1.29 is 14.3 Å². The van der Waals surface area contributed by atoms with Gasteiger partial charge in [-0.2, -0.15) is 0 Å². The number of benzene rings is 1. The third-order valence-corrected chi connectivity index (χ3v) is 3.88. The Morgan fingerprint density at radius 1 is 1.17 bits per heavy atom. The second-order valence-electron chi connectivity index (χ2n) is 6.29. The smallest absolute Gasteiger partial charge is 0.242 e. The van der Waals surface area contributed by atoms with Crippen LogP contribution >= 0.6 is 0 Å². The first-order chi connectivity index (χ1) is 11.4. The molecule has 0 radical (unpaired) electrons. The van der Waals surface area contributed by atoms with Gasteiger partial charge in [-0.25, -0.2) is 0 Å². The van der Waals surface area contributed by atoms with Gasteiger partial charge in [-0.15, -0.1) is 0 Å². The summed E-state index contributed by atoms with van der Waals surface area (Å²) in [5, 5.41) is 2.94. The van der Waals surface area contributed by atoms with Crippen LogP contribution in [-0.2, 0) is 16.1 Å². The molecular weight excluding hydrogens is 304 g/mol. The van der Waals surface area contributed by atoms with E-state index in [9.17, 15) is 9.59 Å². The standard InChI is InChI=1S/C19H30N2O3/c1-6-17(19(23)20-12-14(3)4)21(18(22)7-2)13-15-8-10-16(24-5)11-9-15/h8-11,14,17H,6-7,12-13H2,1-5H3,(H,20,23)/t17-/m0/s1. The first-order valence-corrected chi connectivity index (χ1v) is 8.62. The summed E-state index contributed by atoms with van der Waals surface area (Å²) in [6.45, 7) is 8.89. The number of methoxy groups -OCH3 is 1. The molecule has 5 nitrogen and oxygen atoms in total. The van der Waals surface area contributed by atoms with E-state index in [-0.39, 0.29) is 11.8 Å². The number of nitrogens with one attached hydrogen (secondary N) is 1. The number of hydrogen-bond acceptors (Lipinski definition) is 3. The van der Waals surface area contributed by atoms with Gasteiger partial charge in [-0.3, -0.25) is 9.59 Å². The second-order valence-corrected chi connectivity index (χ2v) is 6.29. The van der Waals surface area contributed by atoms with E-state index in [0.717, 1.165) is 11.3 Å². The van der Waals surface area contributed by atoms with E-state index >= 15 is 0 Å². The first kappa shape index (κ1) is 20.0. The topological polar surface area (TPSA) is 58.6 Å². The average molecular weight is 334 g/mol. The molecule has 0 saturated carbocycles. The first-order valence-electron chi connectivity index (χ1n) is 8.62. The maximum atomic E-state index is 12.5. The van der Waals surface area contributed by atoms with E-state index in [1.807, 2.05) is 52.0 Å². The quantitative estimate of drug-likeness (QED) is 0.755. The molecule has 0 aliphatic carbocycles. The fourth-order valence-electron chi connectivity index (χ4n) is 2.47. The predicted molar refractivity (Wildman–Crippen MR) is 95.8 cm³/mol. The van der Waals surface area contributed by atoms with E-state index in [4.69, 9.17) is 4.74 Å². The molecule has 0 unspecified atom stereocenters. The fourth-order valence-corrected chi connectivity index (χ4v) is 2.47. The van der Waals surface area contributed by atoms with Gasteiger partial charge in [0, 0.05) is 19.5 Å². The molecule has 1 aromatic carbocycles. The van der Waals surface area contributed by atoms with Gasteiger partial charge in [0.2, 0.25) is 11.8 Å². The van der Waals surface area contributed by atoms with Crippen molar-refractivity contribution in [1.29, 1.82) is 0 Å². The lowest BCUT2D eigenvalue weighted by molar-refractivity contribution is -0.141. The SMILES string of the molecule is CCC(=O)N(Cc1ccc(OC)cc1)[C@@H](CC)C(=O)NCC(C)C. The Balaban J connectivity index is 2.91. The molecule has 24 heavy (non-hydrogen) atoms. The summed E-state index contributed by atoms with van der Waals surface area (Å²) in [5.74, 6) is 1.05. The summed E-state index contributed by atoms with van der Waals surface area (Å²) in [6.07, 6.45) is 0.968. The molecule has 0 fully saturated rings. The maximum absolute atomic E-state index is 12.5. The summed E-state index contributed by atoms with van der Waals surface area (Å²) in [5.41, 5.74) is 0.979. The van der Waals surface area contributed by atoms with Gasteiger partial charge in [0.25, 0.3) is 0 Å². The summed E-state index contributed by atoms with van der Waals surface area (Å²) < 4.78 is 5.16. The van der Waals surface area contributed by atoms with Crippen molar-refractivity contribution in [3.8, 4) is 5.75 Å². The van der Waals surface area contributed by atoms with Crippen LogP contribution in [0.25, 0.3) is 0 Å². The minimum atomic E-state index is -0.446. The number of carbonyl (C=O) groups is 2. The van der Waals surface area contributed by atoms with Gasteiger partial charge >= 0.3 is 0 Å². The molecule has 1 rings (SSSR count). The van der Waals surface area contributed by atoms with E-state index in [2.05, 4.69) is 5.32 Å². The summed E-state index contributed by atoms with van der Waals surface area (Å²) >= 11 is 0. The molecule has 5 heteroatoms. The molecule has 0 aliphatic rings. The fraction of sp³-hybridized carbons (Fsp3) is 0.579. The van der Waals surface area contributed by atoms with Crippen molar-refractivity contribution in [2.75, 3.05) is 13.7 Å². The lowest BCUT2D eigenvalue weighted by Gasteiger charge is -2.30. The Labute approximate surface area is 145 Å². The third kappa shape index (κ3) is 5.87. The largest absolute Gasteiger partial charge is 0.497 e. The third-order valence-electron chi connectivity index (χ3n) is 3.88. The molecule has 134 valence electrons. The number of carbonyl (C=O) groups excluding carboxylic acids is 2. The highest BCUT2D eigenvalue weighted by atomic mass is 16.5. The molecule has 0 aromatic heterocycles. The van der Waals surface area contributed by atoms with E-state index in [1.54, 1.807) is 12.0 Å². The van der Waals surface area contributed by atoms with E-state index < -0.39 is 6.04 Å². The van der Waals surface area contributed by atoms with Crippen LogP contribution < -0.4 is 10.1 Å². The molecule has 0 bridgehead atoms. The zero-order valence-corrected chi connectivity index (χ0v) is 15.5. The van der Waals surface area contributed by atoms with Crippen LogP contribution in [0.1, 0.15) is 46.1 Å². The van der Waals surface area contributed by atoms with Crippen LogP contribution in [0.3, 0.4) is 0 Å². The van der Waals surface area contributed by atoms with Gasteiger partial charge in [0.05, 0.1) is 7.11 Å². The number of amides is 2. The van der Waals surface area contributed by atoms with Crippen molar-refractivity contribution in [2.24, 2.45) is 5.92 Å². The van der Waals surface area contributed by atoms with Gasteiger partial charge < -0.3 is 15.0 Å². The van der Waals surface area contributed by atoms with Crippen molar-refractivity contribution in [2.45, 2.75) is 53.1 Å². The normalized spacial score (nSPS) is 11.9. The average Bonchev–Trinajstić information content (AvgIpc) is 2.59. The second kappa shape index (κ2) is 9.96. The molecule has 0 saturated heterocycles. The lowest BCUT2D eigenvalue weighted by Crippen LogP contribution is -2.49. The Morgan fingerprint density at radius 3 is 2.25 bits per heavy atom. The minimum Gasteiger partial charge on any atom is -0.497 e. The van der Waals surface area contributed by atoms with Crippen LogP contribution in [-0.4, -0.2) is 36.4 Å². The zero-order chi connectivity index (χ0) is 18.1. The lowest BCUT2D eigenvalue weighted by atomic mass is 10.1. The minimum absolute atomic E-state index is 0.0163. The Morgan fingerprint density at radius 2 is 1.79 bits per heavy atom. The number of ether oxygens (including phenoxy) is 1. The Hall–Kier alpha value is -2.04. The highest BCUT2D eigenvalue weighted by Crippen LogP contribution is 2.16. The van der Waals surface area contributed by atoms with Crippen LogP contribution in [0, 0.1) is 5.92 Å². The van der Waals surface area contributed by atoms with E-state index in [0.29, 0.717) is 31.8 Å². The molecular formula is C19H30N2O3. The molecule has 0 spiro atoms. The predicted octanol–water partition coefficient (Wildman–Crippen LogP) is 2.98. The number of rotatable bonds is 9. The summed E-state index contributed by atoms with van der Waals surface area (Å²) in [7, 11) is 1.62. The van der Waals surface area contributed by atoms with E-state index in [1.165, 1.54) is 0 Å². The molecule has 0 aliphatic heterocycles. The van der Waals surface area contributed by atoms with Crippen LogP contribution in [0.2, 0.25) is 0 Å². The van der Waals surface area contributed by atoms with Crippen LogP contribution in [0.15, 0.2) is 24.3 Å². The van der Waals surface area contributed by atoms with Crippen molar-refractivity contribution in [3.63, 3.8) is 0 Å². The molecule has 2 amide bonds. The van der Waals surface area contributed by atoms with Gasteiger partial charge in [-0.1, -0.05) is 39.8 Å². The zero-order valence-electron chi connectivity index (χ0n) is 15.5. The molecule has 1 aromatic rings. The Bertz CT molecular complexity index is 526. The summed E-state index contributed by atoms with van der Waals surface area (Å²) in [6, 6.07) is 7.13. The van der Waals surface area contributed by atoms with Crippen molar-refractivity contribution >= 4 is 11.8 Å². The molecule has 1 atom stereocenters. The molecule has 1 N–H and O–H groups in total. The van der Waals surface area contributed by atoms with Crippen LogP contribution in [0.5, 0.6) is 5.75 Å². The van der Waals surface area contributed by atoms with Crippen LogP contribution in [0.4, 0.5) is 0 Å². The highest BCUT2D eigenvalue weighted by Gasteiger charge is 2.27. The number of hydrogen-bond donors (Lipinski definition) is 1. The maximum Gasteiger partial charge on any atom is 0.242 e. The highest BCUT2D eigenvalue weighted by molar-refractivity contribution is 5.87. The monoisotopic (exact) mass is 334 g/mol.